The van der Waals surface area contributed by atoms with Crippen molar-refractivity contribution in [3.05, 3.63) is 40.7 Å². The van der Waals surface area contributed by atoms with E-state index < -0.39 is 0 Å². The molecule has 3 heteroatoms. The highest BCUT2D eigenvalue weighted by Crippen LogP contribution is 2.21. The zero-order chi connectivity index (χ0) is 8.39. The van der Waals surface area contributed by atoms with E-state index in [1.807, 2.05) is 24.3 Å². The minimum Gasteiger partial charge on any atom is -0.309 e. The minimum atomic E-state index is 0.402. The fourth-order valence-electron chi connectivity index (χ4n) is 1.06. The third-order valence-corrected chi connectivity index (χ3v) is 2.57. The maximum absolute atomic E-state index is 6.71. The van der Waals surface area contributed by atoms with E-state index >= 15 is 0 Å². The van der Waals surface area contributed by atoms with Gasteiger partial charge in [-0.2, -0.15) is 0 Å². The highest BCUT2D eigenvalue weighted by Gasteiger charge is 2.03. The summed E-state index contributed by atoms with van der Waals surface area (Å²) in [6, 6.07) is 7.95. The van der Waals surface area contributed by atoms with E-state index in [1.54, 1.807) is 11.3 Å². The molecule has 1 aromatic heterocycles. The summed E-state index contributed by atoms with van der Waals surface area (Å²) >= 11 is 1.60. The Morgan fingerprint density at radius 2 is 2.25 bits per heavy atom. The SMILES string of the molecule is [C-]#[N+]Cc1nc2ccccc2s1. The van der Waals surface area contributed by atoms with Crippen LogP contribution >= 0.6 is 11.3 Å². The molecule has 0 spiro atoms. The number of para-hydroxylation sites is 1. The Balaban J connectivity index is 2.56. The second-order valence-electron chi connectivity index (χ2n) is 2.39. The number of hydrogen-bond donors (Lipinski definition) is 0. The van der Waals surface area contributed by atoms with Gasteiger partial charge in [0, 0.05) is 0 Å². The van der Waals surface area contributed by atoms with Crippen LogP contribution < -0.4 is 0 Å². The van der Waals surface area contributed by atoms with E-state index in [1.165, 1.54) is 0 Å². The lowest BCUT2D eigenvalue weighted by Gasteiger charge is -1.80. The summed E-state index contributed by atoms with van der Waals surface area (Å²) < 4.78 is 1.16. The molecule has 0 N–H and O–H groups in total. The normalized spacial score (nSPS) is 9.92. The fraction of sp³-hybridized carbons (Fsp3) is 0.111. The molecule has 2 nitrogen and oxygen atoms in total. The summed E-state index contributed by atoms with van der Waals surface area (Å²) in [5.74, 6) is 0. The highest BCUT2D eigenvalue weighted by molar-refractivity contribution is 7.18. The van der Waals surface area contributed by atoms with Gasteiger partial charge in [-0.15, -0.1) is 11.3 Å². The van der Waals surface area contributed by atoms with E-state index in [4.69, 9.17) is 6.57 Å². The van der Waals surface area contributed by atoms with Crippen molar-refractivity contribution in [2.45, 2.75) is 6.54 Å². The van der Waals surface area contributed by atoms with E-state index in [9.17, 15) is 0 Å². The van der Waals surface area contributed by atoms with Gasteiger partial charge < -0.3 is 4.85 Å². The summed E-state index contributed by atoms with van der Waals surface area (Å²) in [7, 11) is 0. The molecule has 58 valence electrons. The third-order valence-electron chi connectivity index (χ3n) is 1.55. The average molecular weight is 174 g/mol. The van der Waals surface area contributed by atoms with Crippen molar-refractivity contribution in [1.82, 2.24) is 4.98 Å². The van der Waals surface area contributed by atoms with E-state index in [0.717, 1.165) is 15.2 Å². The molecule has 0 radical (unpaired) electrons. The Kier molecular flexibility index (Phi) is 1.77. The van der Waals surface area contributed by atoms with Crippen LogP contribution in [0.3, 0.4) is 0 Å². The van der Waals surface area contributed by atoms with Crippen LogP contribution in [-0.4, -0.2) is 4.98 Å². The third kappa shape index (κ3) is 1.17. The van der Waals surface area contributed by atoms with Crippen LogP contribution in [0.4, 0.5) is 0 Å². The molecule has 2 aromatic rings. The van der Waals surface area contributed by atoms with Gasteiger partial charge in [-0.1, -0.05) is 12.1 Å². The summed E-state index contributed by atoms with van der Waals surface area (Å²) in [6.07, 6.45) is 0. The lowest BCUT2D eigenvalue weighted by atomic mass is 10.3. The first-order valence-electron chi connectivity index (χ1n) is 3.58. The smallest absolute Gasteiger partial charge is 0.265 e. The topological polar surface area (TPSA) is 17.2 Å². The molecular weight excluding hydrogens is 168 g/mol. The maximum Gasteiger partial charge on any atom is 0.265 e. The van der Waals surface area contributed by atoms with Gasteiger partial charge >= 0.3 is 0 Å². The summed E-state index contributed by atoms with van der Waals surface area (Å²) in [6.45, 7) is 7.11. The fourth-order valence-corrected chi connectivity index (χ4v) is 1.95. The molecule has 0 unspecified atom stereocenters. The monoisotopic (exact) mass is 174 g/mol. The Morgan fingerprint density at radius 3 is 3.00 bits per heavy atom. The van der Waals surface area contributed by atoms with Crippen molar-refractivity contribution in [1.29, 1.82) is 0 Å². The first-order chi connectivity index (χ1) is 5.90. The van der Waals surface area contributed by atoms with Crippen LogP contribution in [0.15, 0.2) is 24.3 Å². The van der Waals surface area contributed by atoms with Crippen LogP contribution in [0.25, 0.3) is 15.1 Å². The second kappa shape index (κ2) is 2.92. The summed E-state index contributed by atoms with van der Waals surface area (Å²) in [5.41, 5.74) is 1.00. The Bertz CT molecular complexity index is 406. The molecule has 0 bridgehead atoms. The number of rotatable bonds is 1. The molecule has 0 saturated heterocycles. The van der Waals surface area contributed by atoms with Crippen molar-refractivity contribution in [3.63, 3.8) is 0 Å². The van der Waals surface area contributed by atoms with Gasteiger partial charge in [0.1, 0.15) is 0 Å². The number of thiazole rings is 1. The van der Waals surface area contributed by atoms with Gasteiger partial charge in [0.25, 0.3) is 6.54 Å². The molecule has 1 aromatic carbocycles. The molecule has 12 heavy (non-hydrogen) atoms. The number of aromatic nitrogens is 1. The van der Waals surface area contributed by atoms with Crippen LogP contribution in [-0.2, 0) is 6.54 Å². The van der Waals surface area contributed by atoms with Crippen LogP contribution in [0.5, 0.6) is 0 Å². The Morgan fingerprint density at radius 1 is 1.42 bits per heavy atom. The number of hydrogen-bond acceptors (Lipinski definition) is 2. The maximum atomic E-state index is 6.71. The van der Waals surface area contributed by atoms with Crippen molar-refractivity contribution in [2.75, 3.05) is 0 Å². The van der Waals surface area contributed by atoms with Crippen LogP contribution in [0.1, 0.15) is 5.01 Å². The zero-order valence-electron chi connectivity index (χ0n) is 6.32. The van der Waals surface area contributed by atoms with Crippen molar-refractivity contribution in [3.8, 4) is 0 Å². The van der Waals surface area contributed by atoms with E-state index in [-0.39, 0.29) is 0 Å². The largest absolute Gasteiger partial charge is 0.309 e. The van der Waals surface area contributed by atoms with Gasteiger partial charge in [0.2, 0.25) is 0 Å². The Labute approximate surface area is 74.3 Å². The quantitative estimate of drug-likeness (QED) is 0.607. The minimum absolute atomic E-state index is 0.402. The summed E-state index contributed by atoms with van der Waals surface area (Å²) in [5, 5.41) is 0.909. The van der Waals surface area contributed by atoms with Gasteiger partial charge in [0.15, 0.2) is 5.01 Å². The molecule has 2 rings (SSSR count). The molecule has 0 aliphatic carbocycles. The van der Waals surface area contributed by atoms with E-state index in [2.05, 4.69) is 9.83 Å². The molecular formula is C9H6N2S. The first-order valence-corrected chi connectivity index (χ1v) is 4.39. The summed E-state index contributed by atoms with van der Waals surface area (Å²) in [4.78, 5) is 7.61. The average Bonchev–Trinajstić information content (AvgIpc) is 2.47. The predicted molar refractivity (Wildman–Crippen MR) is 49.9 cm³/mol. The molecule has 0 fully saturated rings. The second-order valence-corrected chi connectivity index (χ2v) is 3.51. The molecule has 0 aliphatic rings. The van der Waals surface area contributed by atoms with Gasteiger partial charge in [-0.25, -0.2) is 11.6 Å². The standard InChI is InChI=1S/C9H6N2S/c1-10-6-9-11-7-4-2-3-5-8(7)12-9/h2-5H,6H2. The van der Waals surface area contributed by atoms with Crippen LogP contribution in [0, 0.1) is 6.57 Å². The molecule has 1 heterocycles. The highest BCUT2D eigenvalue weighted by atomic mass is 32.1. The number of fused-ring (bicyclic) bond motifs is 1. The Hall–Kier alpha value is -1.40. The molecule has 0 atom stereocenters. The number of nitrogens with zero attached hydrogens (tertiary/aromatic N) is 2. The molecule has 0 saturated carbocycles. The lowest BCUT2D eigenvalue weighted by molar-refractivity contribution is 1.21. The van der Waals surface area contributed by atoms with Gasteiger partial charge in [0.05, 0.1) is 10.2 Å². The van der Waals surface area contributed by atoms with Crippen molar-refractivity contribution >= 4 is 21.6 Å². The molecule has 0 amide bonds. The first kappa shape index (κ1) is 7.26. The van der Waals surface area contributed by atoms with Crippen molar-refractivity contribution in [2.24, 2.45) is 0 Å². The van der Waals surface area contributed by atoms with Gasteiger partial charge in [-0.05, 0) is 12.1 Å². The van der Waals surface area contributed by atoms with E-state index in [0.29, 0.717) is 6.54 Å². The number of benzene rings is 1. The van der Waals surface area contributed by atoms with Crippen molar-refractivity contribution < 1.29 is 0 Å². The van der Waals surface area contributed by atoms with Gasteiger partial charge in [-0.3, -0.25) is 0 Å². The van der Waals surface area contributed by atoms with Crippen LogP contribution in [0.2, 0.25) is 0 Å². The molecule has 0 aliphatic heterocycles. The zero-order valence-corrected chi connectivity index (χ0v) is 7.14. The lowest BCUT2D eigenvalue weighted by Crippen LogP contribution is -1.73. The predicted octanol–water partition coefficient (Wildman–Crippen LogP) is 2.72.